The van der Waals surface area contributed by atoms with E-state index in [1.165, 1.54) is 0 Å². The van der Waals surface area contributed by atoms with E-state index in [0.717, 1.165) is 139 Å². The number of halogens is 1. The highest BCUT2D eigenvalue weighted by Gasteiger charge is 2.54. The second-order valence-corrected chi connectivity index (χ2v) is 25.9. The molecule has 0 atom stereocenters. The van der Waals surface area contributed by atoms with Gasteiger partial charge in [-0.25, -0.2) is 0 Å². The fraction of sp³-hybridized carbons (Fsp3) is 0.0471. The molecule has 1 aliphatic carbocycles. The number of anilines is 4. The average molecular weight is 1260 g/mol. The Bertz CT molecular complexity index is 5420. The van der Waals surface area contributed by atoms with Gasteiger partial charge >= 0.3 is 0 Å². The van der Waals surface area contributed by atoms with Gasteiger partial charge in [-0.1, -0.05) is 229 Å². The van der Waals surface area contributed by atoms with Crippen molar-refractivity contribution in [1.82, 2.24) is 4.57 Å². The number of para-hydroxylation sites is 2. The molecule has 2 amide bonds. The van der Waals surface area contributed by atoms with E-state index in [0.29, 0.717) is 32.2 Å². The lowest BCUT2D eigenvalue weighted by molar-refractivity contribution is 0.0990. The van der Waals surface area contributed by atoms with Gasteiger partial charge in [-0.2, -0.15) is 0 Å². The molecule has 14 aromatic rings. The maximum absolute atomic E-state index is 16.1. The number of hydrogen-bond donors (Lipinski definition) is 0. The van der Waals surface area contributed by atoms with Crippen LogP contribution >= 0.6 is 15.9 Å². The number of nitrogens with zero attached hydrogens (tertiary/aromatic N) is 3. The molecule has 0 saturated heterocycles. The minimum Gasteiger partial charge on any atom is -0.309 e. The highest BCUT2D eigenvalue weighted by atomic mass is 79.9. The van der Waals surface area contributed by atoms with Crippen molar-refractivity contribution in [2.24, 2.45) is 0 Å². The molecule has 2 spiro atoms. The minimum absolute atomic E-state index is 0.0160. The van der Waals surface area contributed by atoms with Crippen molar-refractivity contribution in [2.45, 2.75) is 24.7 Å². The number of fused-ring (bicyclic) bond motifs is 19. The van der Waals surface area contributed by atoms with Crippen molar-refractivity contribution in [2.75, 3.05) is 9.80 Å². The molecule has 1 aromatic heterocycles. The van der Waals surface area contributed by atoms with Crippen LogP contribution in [0.2, 0.25) is 0 Å². The molecule has 0 saturated carbocycles. The Morgan fingerprint density at radius 2 is 0.806 bits per heavy atom. The number of hydrogen-bond acceptors (Lipinski definition) is 3. The summed E-state index contributed by atoms with van der Waals surface area (Å²) in [5.74, 6) is -0.424. The Morgan fingerprint density at radius 3 is 1.41 bits per heavy atom. The van der Waals surface area contributed by atoms with Crippen LogP contribution in [0.5, 0.6) is 0 Å². The molecule has 3 aliphatic heterocycles. The van der Waals surface area contributed by atoms with Gasteiger partial charge in [0.15, 0.2) is 5.78 Å². The monoisotopic (exact) mass is 1250 g/mol. The largest absolute Gasteiger partial charge is 0.309 e. The molecule has 436 valence electrons. The first kappa shape index (κ1) is 54.7. The van der Waals surface area contributed by atoms with Crippen molar-refractivity contribution in [3.63, 3.8) is 0 Å². The van der Waals surface area contributed by atoms with Crippen LogP contribution in [-0.2, 0) is 10.8 Å². The number of ketones is 1. The van der Waals surface area contributed by atoms with Crippen LogP contribution in [-0.4, -0.2) is 30.0 Å². The number of benzene rings is 13. The van der Waals surface area contributed by atoms with Gasteiger partial charge in [0.25, 0.3) is 11.8 Å². The van der Waals surface area contributed by atoms with Gasteiger partial charge < -0.3 is 4.57 Å². The molecule has 93 heavy (non-hydrogen) atoms. The summed E-state index contributed by atoms with van der Waals surface area (Å²) in [5, 5.41) is 2.10. The van der Waals surface area contributed by atoms with Crippen molar-refractivity contribution in [1.29, 1.82) is 0 Å². The summed E-state index contributed by atoms with van der Waals surface area (Å²) in [7, 11) is 7.07. The number of carbonyl (C=O) groups is 3. The third kappa shape index (κ3) is 7.61. The molecule has 18 rings (SSSR count). The third-order valence-electron chi connectivity index (χ3n) is 20.1. The average Bonchev–Trinajstić information content (AvgIpc) is 1.64. The number of amides is 2. The first-order valence-corrected chi connectivity index (χ1v) is 32.2. The Labute approximate surface area is 547 Å². The zero-order chi connectivity index (χ0) is 62.6. The number of carbonyl (C=O) groups excluding carboxylic acids is 3. The lowest BCUT2D eigenvalue weighted by atomic mass is 9.57. The molecule has 4 heterocycles. The highest BCUT2D eigenvalue weighted by molar-refractivity contribution is 9.10. The first-order chi connectivity index (χ1) is 45.5. The maximum atomic E-state index is 16.1. The van der Waals surface area contributed by atoms with Gasteiger partial charge in [-0.05, 0) is 180 Å². The molecular formula is C85H53BBrN3O3. The summed E-state index contributed by atoms with van der Waals surface area (Å²) < 4.78 is 3.15. The van der Waals surface area contributed by atoms with Crippen LogP contribution in [0.25, 0.3) is 60.9 Å². The smallest absolute Gasteiger partial charge is 0.263 e. The Balaban J connectivity index is 0.838. The zero-order valence-electron chi connectivity index (χ0n) is 50.7. The SMILES string of the molecule is [B]c1ccc(-c2ccc3c(c2)c2cccc4c2n3-c2ccccc2C42c3cc(-c4ccccc4)ccc3N(C(=O)c3ccccc3Br)c3ccc(-c4ccccc4)cc32)cc1C(=O)N1c2ccc(C)cc2C2(c3ccccc3C(=O)c3ccccc32)c2cc(C)ccc21. The summed E-state index contributed by atoms with van der Waals surface area (Å²) in [4.78, 5) is 50.1. The molecular weight excluding hydrogens is 1200 g/mol. The number of aryl methyl sites for hydroxylation is 2. The Morgan fingerprint density at radius 1 is 0.355 bits per heavy atom. The minimum atomic E-state index is -0.968. The molecule has 13 aromatic carbocycles. The molecule has 6 nitrogen and oxygen atoms in total. The lowest BCUT2D eigenvalue weighted by Gasteiger charge is -2.48. The van der Waals surface area contributed by atoms with Gasteiger partial charge in [-0.3, -0.25) is 24.2 Å². The first-order valence-electron chi connectivity index (χ1n) is 31.4. The van der Waals surface area contributed by atoms with Crippen molar-refractivity contribution >= 4 is 91.4 Å². The van der Waals surface area contributed by atoms with Gasteiger partial charge in [0.05, 0.1) is 55.9 Å². The van der Waals surface area contributed by atoms with E-state index in [2.05, 4.69) is 228 Å². The molecule has 0 fully saturated rings. The van der Waals surface area contributed by atoms with Gasteiger partial charge in [0.2, 0.25) is 0 Å². The molecule has 4 aliphatic rings. The molecule has 0 N–H and O–H groups in total. The second kappa shape index (κ2) is 20.4. The van der Waals surface area contributed by atoms with Crippen molar-refractivity contribution in [3.8, 4) is 39.1 Å². The lowest BCUT2D eigenvalue weighted by Crippen LogP contribution is -2.45. The van der Waals surface area contributed by atoms with E-state index in [-0.39, 0.29) is 17.6 Å². The van der Waals surface area contributed by atoms with E-state index in [1.807, 2.05) is 101 Å². The van der Waals surface area contributed by atoms with Crippen LogP contribution < -0.4 is 15.3 Å². The fourth-order valence-corrected chi connectivity index (χ4v) is 16.6. The quantitative estimate of drug-likeness (QED) is 0.161. The fourth-order valence-electron chi connectivity index (χ4n) is 16.2. The van der Waals surface area contributed by atoms with Crippen molar-refractivity contribution < 1.29 is 14.4 Å². The van der Waals surface area contributed by atoms with E-state index in [4.69, 9.17) is 7.85 Å². The van der Waals surface area contributed by atoms with Gasteiger partial charge in [0.1, 0.15) is 7.85 Å². The molecule has 2 radical (unpaired) electrons. The van der Waals surface area contributed by atoms with Crippen LogP contribution in [0.1, 0.15) is 92.3 Å². The third-order valence-corrected chi connectivity index (χ3v) is 20.8. The zero-order valence-corrected chi connectivity index (χ0v) is 52.2. The summed E-state index contributed by atoms with van der Waals surface area (Å²) in [6.07, 6.45) is 0. The summed E-state index contributed by atoms with van der Waals surface area (Å²) in [5.41, 5.74) is 22.6. The summed E-state index contributed by atoms with van der Waals surface area (Å²) >= 11 is 3.78. The van der Waals surface area contributed by atoms with Crippen molar-refractivity contribution in [3.05, 3.63) is 367 Å². The Hall–Kier alpha value is -11.2. The van der Waals surface area contributed by atoms with E-state index in [9.17, 15) is 4.79 Å². The summed E-state index contributed by atoms with van der Waals surface area (Å²) in [6.45, 7) is 4.16. The van der Waals surface area contributed by atoms with Gasteiger partial charge in [-0.15, -0.1) is 0 Å². The van der Waals surface area contributed by atoms with Gasteiger partial charge in [0, 0.05) is 31.9 Å². The molecule has 8 heteroatoms. The number of rotatable bonds is 5. The van der Waals surface area contributed by atoms with Crippen LogP contribution in [0.15, 0.2) is 290 Å². The maximum Gasteiger partial charge on any atom is 0.263 e. The highest BCUT2D eigenvalue weighted by Crippen LogP contribution is 2.63. The normalized spacial score (nSPS) is 14.0. The standard InChI is InChI=1S/C85H53BBrN3O3/c1-50-32-39-76-68(44-50)84(64-26-12-9-22-59(64)81(91)60-23-10-13-27-65(60)84)69-45-51(2)33-40-77(69)90(76)83(93)63-47-54(34-38-72(63)86)55-35-41-74-62(46-55)58-25-17-29-67-80(58)88(74)75-31-16-14-28-66(75)85(67)70-48-56(52-18-5-3-6-19-52)36-42-78(70)89(82(92)61-24-11-15-30-73(61)87)79-43-37-57(49-71(79)85)53-20-7-4-8-21-53/h3-49H,1-2H3. The number of aromatic nitrogens is 1. The van der Waals surface area contributed by atoms with Crippen LogP contribution in [0, 0.1) is 13.8 Å². The molecule has 0 bridgehead atoms. The van der Waals surface area contributed by atoms with E-state index in [1.54, 1.807) is 0 Å². The predicted molar refractivity (Wildman–Crippen MR) is 379 cm³/mol. The van der Waals surface area contributed by atoms with Crippen LogP contribution in [0.3, 0.4) is 0 Å². The topological polar surface area (TPSA) is 62.6 Å². The molecule has 0 unspecified atom stereocenters. The predicted octanol–water partition coefficient (Wildman–Crippen LogP) is 19.2. The van der Waals surface area contributed by atoms with E-state index < -0.39 is 10.8 Å². The Kier molecular flexibility index (Phi) is 12.0. The second-order valence-electron chi connectivity index (χ2n) is 25.0. The van der Waals surface area contributed by atoms with Crippen LogP contribution in [0.4, 0.5) is 22.7 Å². The summed E-state index contributed by atoms with van der Waals surface area (Å²) in [6, 6.07) is 98.4. The van der Waals surface area contributed by atoms with E-state index >= 15 is 9.59 Å².